The molecule has 1 aromatic carbocycles. The molecule has 1 aliphatic heterocycles. The van der Waals surface area contributed by atoms with Gasteiger partial charge in [0.25, 0.3) is 0 Å². The third kappa shape index (κ3) is 5.06. The van der Waals surface area contributed by atoms with Gasteiger partial charge in [0.1, 0.15) is 0 Å². The SMILES string of the molecule is Cc1cc(N2C(=S)N[C@@H](c3ccccn3)[C@@H]2c2ccn(C3CCCCC3)c2)ccc1NS(C)(=O)=O. The minimum absolute atomic E-state index is 0.0876. The van der Waals surface area contributed by atoms with Gasteiger partial charge in [0.15, 0.2) is 5.11 Å². The number of thiocarbonyl (C=S) groups is 1. The molecule has 2 aliphatic rings. The maximum atomic E-state index is 11.8. The van der Waals surface area contributed by atoms with Gasteiger partial charge in [-0.1, -0.05) is 25.3 Å². The first-order valence-corrected chi connectivity index (χ1v) is 14.4. The molecule has 0 radical (unpaired) electrons. The lowest BCUT2D eigenvalue weighted by Gasteiger charge is -2.28. The van der Waals surface area contributed by atoms with Gasteiger partial charge in [-0.15, -0.1) is 0 Å². The van der Waals surface area contributed by atoms with E-state index in [-0.39, 0.29) is 12.1 Å². The predicted molar refractivity (Wildman–Crippen MR) is 144 cm³/mol. The molecule has 0 spiro atoms. The van der Waals surface area contributed by atoms with Crippen molar-refractivity contribution in [2.24, 2.45) is 0 Å². The molecule has 3 heterocycles. The minimum atomic E-state index is -3.36. The second-order valence-corrected chi connectivity index (χ2v) is 11.7. The number of anilines is 2. The summed E-state index contributed by atoms with van der Waals surface area (Å²) < 4.78 is 28.5. The Bertz CT molecular complexity index is 1320. The van der Waals surface area contributed by atoms with Crippen molar-refractivity contribution in [2.75, 3.05) is 15.9 Å². The van der Waals surface area contributed by atoms with E-state index in [9.17, 15) is 8.42 Å². The van der Waals surface area contributed by atoms with E-state index in [2.05, 4.69) is 42.9 Å². The quantitative estimate of drug-likeness (QED) is 0.442. The molecule has 2 atom stereocenters. The summed E-state index contributed by atoms with van der Waals surface area (Å²) in [5.74, 6) is 0. The second-order valence-electron chi connectivity index (χ2n) is 9.55. The summed E-state index contributed by atoms with van der Waals surface area (Å²) in [4.78, 5) is 6.77. The number of hydrogen-bond acceptors (Lipinski definition) is 4. The minimum Gasteiger partial charge on any atom is -0.351 e. The van der Waals surface area contributed by atoms with Crippen molar-refractivity contribution in [3.8, 4) is 0 Å². The molecule has 2 fully saturated rings. The maximum Gasteiger partial charge on any atom is 0.229 e. The molecule has 0 amide bonds. The van der Waals surface area contributed by atoms with Crippen LogP contribution in [0.15, 0.2) is 61.1 Å². The molecule has 1 saturated carbocycles. The van der Waals surface area contributed by atoms with Crippen LogP contribution in [-0.2, 0) is 10.0 Å². The Morgan fingerprint density at radius 3 is 2.60 bits per heavy atom. The Hall–Kier alpha value is -2.91. The van der Waals surface area contributed by atoms with Crippen molar-refractivity contribution in [1.82, 2.24) is 14.9 Å². The summed E-state index contributed by atoms with van der Waals surface area (Å²) in [7, 11) is -3.36. The van der Waals surface area contributed by atoms with Crippen LogP contribution in [0.4, 0.5) is 11.4 Å². The number of benzene rings is 1. The lowest BCUT2D eigenvalue weighted by Crippen LogP contribution is -2.29. The fourth-order valence-electron chi connectivity index (χ4n) is 5.30. The van der Waals surface area contributed by atoms with Crippen LogP contribution in [0, 0.1) is 6.92 Å². The lowest BCUT2D eigenvalue weighted by molar-refractivity contribution is 0.353. The van der Waals surface area contributed by atoms with Crippen LogP contribution < -0.4 is 14.9 Å². The fourth-order valence-corrected chi connectivity index (χ4v) is 6.27. The lowest BCUT2D eigenvalue weighted by atomic mass is 9.95. The van der Waals surface area contributed by atoms with Crippen LogP contribution in [0.3, 0.4) is 0 Å². The highest BCUT2D eigenvalue weighted by atomic mass is 32.2. The molecule has 3 aromatic rings. The highest BCUT2D eigenvalue weighted by Crippen LogP contribution is 2.43. The number of pyridine rings is 1. The van der Waals surface area contributed by atoms with Gasteiger partial charge in [-0.2, -0.15) is 0 Å². The topological polar surface area (TPSA) is 79.3 Å². The zero-order valence-electron chi connectivity index (χ0n) is 20.0. The van der Waals surface area contributed by atoms with E-state index in [1.807, 2.05) is 43.5 Å². The van der Waals surface area contributed by atoms with Crippen LogP contribution in [0.25, 0.3) is 0 Å². The summed E-state index contributed by atoms with van der Waals surface area (Å²) >= 11 is 5.84. The van der Waals surface area contributed by atoms with Gasteiger partial charge in [-0.3, -0.25) is 9.71 Å². The molecule has 9 heteroatoms. The summed E-state index contributed by atoms with van der Waals surface area (Å²) in [5, 5.41) is 4.13. The average molecular weight is 510 g/mol. The number of hydrogen-bond donors (Lipinski definition) is 2. The van der Waals surface area contributed by atoms with Crippen molar-refractivity contribution in [3.63, 3.8) is 0 Å². The standard InChI is InChI=1S/C26H31N5O2S2/c1-18-16-21(11-12-22(18)29-35(2,32)33)31-25(24(28-26(31)34)23-10-6-7-14-27-23)19-13-15-30(17-19)20-8-4-3-5-9-20/h6-7,10-17,20,24-25,29H,3-5,8-9H2,1-2H3,(H,28,34)/t24-,25-/m0/s1. The average Bonchev–Trinajstić information content (AvgIpc) is 3.45. The highest BCUT2D eigenvalue weighted by molar-refractivity contribution is 7.92. The van der Waals surface area contributed by atoms with Crippen molar-refractivity contribution >= 4 is 38.7 Å². The number of rotatable bonds is 6. The third-order valence-corrected chi connectivity index (χ3v) is 7.86. The van der Waals surface area contributed by atoms with Crippen LogP contribution in [0.1, 0.15) is 67.1 Å². The smallest absolute Gasteiger partial charge is 0.229 e. The van der Waals surface area contributed by atoms with E-state index >= 15 is 0 Å². The number of aromatic nitrogens is 2. The Morgan fingerprint density at radius 2 is 1.91 bits per heavy atom. The molecule has 2 N–H and O–H groups in total. The molecule has 184 valence electrons. The fraction of sp³-hybridized carbons (Fsp3) is 0.385. The molecular weight excluding hydrogens is 478 g/mol. The normalized spacial score (nSPS) is 21.2. The molecule has 5 rings (SSSR count). The van der Waals surface area contributed by atoms with Crippen molar-refractivity contribution in [3.05, 3.63) is 77.9 Å². The predicted octanol–water partition coefficient (Wildman–Crippen LogP) is 5.25. The van der Waals surface area contributed by atoms with E-state index in [0.29, 0.717) is 16.8 Å². The van der Waals surface area contributed by atoms with Crippen LogP contribution in [0.2, 0.25) is 0 Å². The molecule has 1 saturated heterocycles. The summed E-state index contributed by atoms with van der Waals surface area (Å²) in [6.45, 7) is 1.90. The molecule has 35 heavy (non-hydrogen) atoms. The van der Waals surface area contributed by atoms with Gasteiger partial charge in [0.05, 0.1) is 29.7 Å². The van der Waals surface area contributed by atoms with Crippen molar-refractivity contribution < 1.29 is 8.42 Å². The summed E-state index contributed by atoms with van der Waals surface area (Å²) in [5.41, 5.74) is 4.41. The van der Waals surface area contributed by atoms with Crippen LogP contribution in [-0.4, -0.2) is 29.3 Å². The first-order valence-electron chi connectivity index (χ1n) is 12.1. The molecule has 0 bridgehead atoms. The van der Waals surface area contributed by atoms with E-state index in [1.165, 1.54) is 37.7 Å². The largest absolute Gasteiger partial charge is 0.351 e. The number of sulfonamides is 1. The van der Waals surface area contributed by atoms with Crippen molar-refractivity contribution in [2.45, 2.75) is 57.2 Å². The number of nitrogens with zero attached hydrogens (tertiary/aromatic N) is 3. The monoisotopic (exact) mass is 509 g/mol. The van der Waals surface area contributed by atoms with Crippen molar-refractivity contribution in [1.29, 1.82) is 0 Å². The van der Waals surface area contributed by atoms with Gasteiger partial charge in [0.2, 0.25) is 10.0 Å². The maximum absolute atomic E-state index is 11.8. The van der Waals surface area contributed by atoms with Crippen LogP contribution in [0.5, 0.6) is 0 Å². The molecule has 7 nitrogen and oxygen atoms in total. The zero-order chi connectivity index (χ0) is 24.6. The molecular formula is C26H31N5O2S2. The van der Waals surface area contributed by atoms with E-state index in [0.717, 1.165) is 23.2 Å². The first-order chi connectivity index (χ1) is 16.8. The highest BCUT2D eigenvalue weighted by Gasteiger charge is 2.41. The zero-order valence-corrected chi connectivity index (χ0v) is 21.6. The number of nitrogens with one attached hydrogen (secondary N) is 2. The summed E-state index contributed by atoms with van der Waals surface area (Å²) in [6.07, 6.45) is 13.8. The molecule has 1 aliphatic carbocycles. The first kappa shape index (κ1) is 23.8. The Kier molecular flexibility index (Phi) is 6.55. The third-order valence-electron chi connectivity index (χ3n) is 6.96. The van der Waals surface area contributed by atoms with E-state index in [1.54, 1.807) is 6.07 Å². The Morgan fingerprint density at radius 1 is 1.11 bits per heavy atom. The second kappa shape index (κ2) is 9.62. The van der Waals surface area contributed by atoms with Gasteiger partial charge >= 0.3 is 0 Å². The Balaban J connectivity index is 1.54. The van der Waals surface area contributed by atoms with Gasteiger partial charge in [0, 0.05) is 30.3 Å². The summed E-state index contributed by atoms with van der Waals surface area (Å²) in [6, 6.07) is 14.2. The van der Waals surface area contributed by atoms with Gasteiger partial charge < -0.3 is 14.8 Å². The van der Waals surface area contributed by atoms with Gasteiger partial charge in [-0.05, 0) is 79.5 Å². The van der Waals surface area contributed by atoms with Gasteiger partial charge in [-0.25, -0.2) is 8.42 Å². The Labute approximate surface area is 212 Å². The number of aryl methyl sites for hydroxylation is 1. The van der Waals surface area contributed by atoms with Crippen LogP contribution >= 0.6 is 12.2 Å². The molecule has 0 unspecified atom stereocenters. The van der Waals surface area contributed by atoms with E-state index < -0.39 is 10.0 Å². The van der Waals surface area contributed by atoms with E-state index in [4.69, 9.17) is 12.2 Å². The molecule has 2 aromatic heterocycles.